The third-order valence-electron chi connectivity index (χ3n) is 3.29. The Morgan fingerprint density at radius 1 is 1.12 bits per heavy atom. The van der Waals surface area contributed by atoms with Crippen LogP contribution < -0.4 is 8.92 Å². The van der Waals surface area contributed by atoms with Crippen LogP contribution in [0.5, 0.6) is 11.5 Å². The molecule has 0 radical (unpaired) electrons. The molecule has 0 aliphatic heterocycles. The molecule has 0 aromatic heterocycles. The van der Waals surface area contributed by atoms with Crippen LogP contribution in [0.2, 0.25) is 0 Å². The second-order valence-electron chi connectivity index (χ2n) is 5.18. The van der Waals surface area contributed by atoms with Crippen LogP contribution in [0, 0.1) is 0 Å². The van der Waals surface area contributed by atoms with E-state index >= 15 is 0 Å². The third kappa shape index (κ3) is 4.82. The minimum absolute atomic E-state index is 0.0555. The topological polar surface area (TPSA) is 69.7 Å². The highest BCUT2D eigenvalue weighted by molar-refractivity contribution is 9.10. The molecule has 0 N–H and O–H groups in total. The molecule has 0 atom stereocenters. The van der Waals surface area contributed by atoms with Gasteiger partial charge in [-0.1, -0.05) is 28.1 Å². The first kappa shape index (κ1) is 18.5. The van der Waals surface area contributed by atoms with E-state index in [-0.39, 0.29) is 22.2 Å². The maximum atomic E-state index is 12.5. The van der Waals surface area contributed by atoms with Gasteiger partial charge in [0.25, 0.3) is 0 Å². The Morgan fingerprint density at radius 3 is 2.38 bits per heavy atom. The summed E-state index contributed by atoms with van der Waals surface area (Å²) in [6.07, 6.45) is 1.07. The summed E-state index contributed by atoms with van der Waals surface area (Å²) >= 11 is 3.24. The average Bonchev–Trinajstić information content (AvgIpc) is 2.54. The van der Waals surface area contributed by atoms with Crippen molar-refractivity contribution in [3.05, 3.63) is 52.5 Å². The number of rotatable bonds is 7. The van der Waals surface area contributed by atoms with Crippen LogP contribution >= 0.6 is 15.9 Å². The summed E-state index contributed by atoms with van der Waals surface area (Å²) < 4.78 is 35.8. The molecule has 0 spiro atoms. The highest BCUT2D eigenvalue weighted by Gasteiger charge is 2.22. The number of carbonyl (C=O) groups excluding carboxylic acids is 1. The second kappa shape index (κ2) is 7.81. The van der Waals surface area contributed by atoms with Crippen LogP contribution in [0.4, 0.5) is 0 Å². The Bertz CT molecular complexity index is 829. The lowest BCUT2D eigenvalue weighted by atomic mass is 10.1. The summed E-state index contributed by atoms with van der Waals surface area (Å²) in [5.74, 6) is 0.513. The monoisotopic (exact) mass is 412 g/mol. The zero-order valence-corrected chi connectivity index (χ0v) is 15.7. The van der Waals surface area contributed by atoms with Gasteiger partial charge in [0, 0.05) is 10.9 Å². The lowest BCUT2D eigenvalue weighted by Gasteiger charge is -2.11. The highest BCUT2D eigenvalue weighted by atomic mass is 79.9. The van der Waals surface area contributed by atoms with Crippen LogP contribution in [0.3, 0.4) is 0 Å². The Balaban J connectivity index is 2.20. The minimum Gasteiger partial charge on any atom is -0.495 e. The number of hydrogen-bond acceptors (Lipinski definition) is 5. The average molecular weight is 413 g/mol. The van der Waals surface area contributed by atoms with Crippen molar-refractivity contribution in [2.45, 2.75) is 24.7 Å². The van der Waals surface area contributed by atoms with Crippen molar-refractivity contribution in [2.75, 3.05) is 7.11 Å². The van der Waals surface area contributed by atoms with Crippen molar-refractivity contribution in [1.82, 2.24) is 0 Å². The first-order valence-electron chi connectivity index (χ1n) is 7.18. The summed E-state index contributed by atoms with van der Waals surface area (Å²) in [6, 6.07) is 11.3. The Morgan fingerprint density at radius 2 is 1.79 bits per heavy atom. The molecule has 0 fully saturated rings. The van der Waals surface area contributed by atoms with Crippen LogP contribution in [0.1, 0.15) is 18.9 Å². The van der Waals surface area contributed by atoms with E-state index in [9.17, 15) is 13.2 Å². The highest BCUT2D eigenvalue weighted by Crippen LogP contribution is 2.29. The maximum absolute atomic E-state index is 12.5. The molecule has 2 aromatic carbocycles. The van der Waals surface area contributed by atoms with Crippen molar-refractivity contribution in [1.29, 1.82) is 0 Å². The van der Waals surface area contributed by atoms with Crippen LogP contribution in [-0.2, 0) is 21.3 Å². The lowest BCUT2D eigenvalue weighted by Crippen LogP contribution is -2.11. The summed E-state index contributed by atoms with van der Waals surface area (Å²) in [5, 5.41) is 0. The number of ether oxygens (including phenoxy) is 1. The molecule has 0 aliphatic rings. The van der Waals surface area contributed by atoms with Crippen molar-refractivity contribution >= 4 is 31.8 Å². The zero-order valence-electron chi connectivity index (χ0n) is 13.3. The summed E-state index contributed by atoms with van der Waals surface area (Å²) in [7, 11) is -2.63. The maximum Gasteiger partial charge on any atom is 0.342 e. The molecule has 2 aromatic rings. The van der Waals surface area contributed by atoms with Crippen molar-refractivity contribution in [3.8, 4) is 11.5 Å². The summed E-state index contributed by atoms with van der Waals surface area (Å²) in [6.45, 7) is 1.54. The van der Waals surface area contributed by atoms with Gasteiger partial charge in [0.2, 0.25) is 0 Å². The van der Waals surface area contributed by atoms with Gasteiger partial charge in [-0.15, -0.1) is 0 Å². The van der Waals surface area contributed by atoms with Crippen LogP contribution in [0.15, 0.2) is 51.8 Å². The normalized spacial score (nSPS) is 11.1. The molecule has 0 amide bonds. The van der Waals surface area contributed by atoms with Gasteiger partial charge in [-0.3, -0.25) is 0 Å². The zero-order chi connectivity index (χ0) is 17.7. The molecule has 7 heteroatoms. The SMILES string of the molecule is COc1ccc(Br)cc1S(=O)(=O)Oc1ccc(CCC(C)=O)cc1. The van der Waals surface area contributed by atoms with E-state index in [0.29, 0.717) is 17.3 Å². The van der Waals surface area contributed by atoms with Gasteiger partial charge in [-0.25, -0.2) is 0 Å². The molecule has 5 nitrogen and oxygen atoms in total. The molecule has 0 aliphatic carbocycles. The van der Waals surface area contributed by atoms with Crippen molar-refractivity contribution in [2.24, 2.45) is 0 Å². The molecular weight excluding hydrogens is 396 g/mol. The summed E-state index contributed by atoms with van der Waals surface area (Å²) in [4.78, 5) is 10.9. The summed E-state index contributed by atoms with van der Waals surface area (Å²) in [5.41, 5.74) is 0.940. The van der Waals surface area contributed by atoms with Gasteiger partial charge in [0.1, 0.15) is 22.2 Å². The van der Waals surface area contributed by atoms with E-state index in [4.69, 9.17) is 8.92 Å². The standard InChI is InChI=1S/C17H17BrO5S/c1-12(19)3-4-13-5-8-15(9-6-13)23-24(20,21)17-11-14(18)7-10-16(17)22-2/h5-11H,3-4H2,1-2H3. The van der Waals surface area contributed by atoms with E-state index < -0.39 is 10.1 Å². The Hall–Kier alpha value is -1.86. The Labute approximate surface area is 149 Å². The number of carbonyl (C=O) groups is 1. The lowest BCUT2D eigenvalue weighted by molar-refractivity contribution is -0.116. The van der Waals surface area contributed by atoms with Gasteiger partial charge in [-0.05, 0) is 49.2 Å². The molecular formula is C17H17BrO5S. The molecule has 24 heavy (non-hydrogen) atoms. The van der Waals surface area contributed by atoms with Crippen LogP contribution in [-0.4, -0.2) is 21.3 Å². The van der Waals surface area contributed by atoms with Gasteiger partial charge in [-0.2, -0.15) is 8.42 Å². The number of aryl methyl sites for hydroxylation is 1. The van der Waals surface area contributed by atoms with Crippen molar-refractivity contribution < 1.29 is 22.1 Å². The molecule has 0 unspecified atom stereocenters. The predicted octanol–water partition coefficient (Wildman–Crippen LogP) is 3.75. The van der Waals surface area contributed by atoms with Gasteiger partial charge in [0.05, 0.1) is 7.11 Å². The quantitative estimate of drug-likeness (QED) is 0.647. The fourth-order valence-corrected chi connectivity index (χ4v) is 3.69. The fourth-order valence-electron chi connectivity index (χ4n) is 2.05. The molecule has 128 valence electrons. The predicted molar refractivity (Wildman–Crippen MR) is 94.0 cm³/mol. The number of hydrogen-bond donors (Lipinski definition) is 0. The number of halogens is 1. The van der Waals surface area contributed by atoms with Gasteiger partial charge in [0.15, 0.2) is 0 Å². The number of Topliss-reactive ketones (excluding diaryl/α,β-unsaturated/α-hetero) is 1. The molecule has 0 saturated carbocycles. The van der Waals surface area contributed by atoms with E-state index in [1.165, 1.54) is 20.1 Å². The van der Waals surface area contributed by atoms with Crippen LogP contribution in [0.25, 0.3) is 0 Å². The van der Waals surface area contributed by atoms with E-state index in [1.54, 1.807) is 36.4 Å². The first-order valence-corrected chi connectivity index (χ1v) is 9.38. The number of methoxy groups -OCH3 is 1. The third-order valence-corrected chi connectivity index (χ3v) is 5.05. The van der Waals surface area contributed by atoms with Gasteiger partial charge < -0.3 is 13.7 Å². The molecule has 0 heterocycles. The fraction of sp³-hybridized carbons (Fsp3) is 0.235. The van der Waals surface area contributed by atoms with Gasteiger partial charge >= 0.3 is 10.1 Å². The van der Waals surface area contributed by atoms with Crippen molar-refractivity contribution in [3.63, 3.8) is 0 Å². The van der Waals surface area contributed by atoms with E-state index in [2.05, 4.69) is 15.9 Å². The largest absolute Gasteiger partial charge is 0.495 e. The first-order chi connectivity index (χ1) is 11.3. The molecule has 0 saturated heterocycles. The van der Waals surface area contributed by atoms with E-state index in [1.807, 2.05) is 0 Å². The molecule has 0 bridgehead atoms. The number of benzene rings is 2. The second-order valence-corrected chi connectivity index (χ2v) is 7.61. The minimum atomic E-state index is -4.03. The smallest absolute Gasteiger partial charge is 0.342 e. The number of ketones is 1. The van der Waals surface area contributed by atoms with E-state index in [0.717, 1.165) is 5.56 Å². The Kier molecular flexibility index (Phi) is 6.01. The molecule has 2 rings (SSSR count).